The van der Waals surface area contributed by atoms with Gasteiger partial charge in [0.2, 0.25) is 0 Å². The van der Waals surface area contributed by atoms with Crippen molar-refractivity contribution in [1.82, 2.24) is 9.97 Å². The molecule has 1 N–H and O–H groups in total. The van der Waals surface area contributed by atoms with Crippen molar-refractivity contribution in [3.8, 4) is 6.07 Å². The molecule has 5 heteroatoms. The van der Waals surface area contributed by atoms with Gasteiger partial charge in [-0.25, -0.2) is 4.98 Å². The van der Waals surface area contributed by atoms with Crippen LogP contribution in [-0.2, 0) is 5.41 Å². The molecule has 0 aliphatic heterocycles. The summed E-state index contributed by atoms with van der Waals surface area (Å²) in [7, 11) is 0. The van der Waals surface area contributed by atoms with E-state index in [1.54, 1.807) is 0 Å². The Labute approximate surface area is 85.5 Å². The van der Waals surface area contributed by atoms with E-state index in [9.17, 15) is 4.79 Å². The molecule has 1 aliphatic rings. The van der Waals surface area contributed by atoms with Gasteiger partial charge in [-0.3, -0.25) is 4.79 Å². The minimum Gasteiger partial charge on any atom is -0.312 e. The SMILES string of the molecule is N#CC1(c2nc[nH]c(=O)c2Cl)CCC1. The Morgan fingerprint density at radius 3 is 2.86 bits per heavy atom. The van der Waals surface area contributed by atoms with E-state index >= 15 is 0 Å². The molecule has 72 valence electrons. The van der Waals surface area contributed by atoms with Gasteiger partial charge in [0, 0.05) is 0 Å². The number of nitrogens with one attached hydrogen (secondary N) is 1. The lowest BCUT2D eigenvalue weighted by Crippen LogP contribution is -2.35. The van der Waals surface area contributed by atoms with Crippen LogP contribution in [0.3, 0.4) is 0 Å². The van der Waals surface area contributed by atoms with Gasteiger partial charge >= 0.3 is 0 Å². The molecule has 14 heavy (non-hydrogen) atoms. The molecule has 1 fully saturated rings. The molecule has 0 amide bonds. The van der Waals surface area contributed by atoms with Crippen molar-refractivity contribution in [2.75, 3.05) is 0 Å². The summed E-state index contributed by atoms with van der Waals surface area (Å²) in [5, 5.41) is 9.09. The highest BCUT2D eigenvalue weighted by molar-refractivity contribution is 6.31. The molecule has 1 aliphatic carbocycles. The molecule has 4 nitrogen and oxygen atoms in total. The molecule has 0 aromatic carbocycles. The fourth-order valence-corrected chi connectivity index (χ4v) is 1.93. The lowest BCUT2D eigenvalue weighted by molar-refractivity contribution is 0.315. The predicted octanol–water partition coefficient (Wildman–Crippen LogP) is 1.37. The van der Waals surface area contributed by atoms with Crippen molar-refractivity contribution in [3.63, 3.8) is 0 Å². The van der Waals surface area contributed by atoms with Crippen molar-refractivity contribution >= 4 is 11.6 Å². The van der Waals surface area contributed by atoms with Gasteiger partial charge in [0.05, 0.1) is 18.1 Å². The number of nitriles is 1. The summed E-state index contributed by atoms with van der Waals surface area (Å²) in [5.74, 6) is 0. The van der Waals surface area contributed by atoms with Crippen LogP contribution in [0.4, 0.5) is 0 Å². The van der Waals surface area contributed by atoms with E-state index in [0.717, 1.165) is 19.3 Å². The molecular formula is C9H8ClN3O. The number of nitrogens with zero attached hydrogens (tertiary/aromatic N) is 2. The van der Waals surface area contributed by atoms with Crippen LogP contribution in [0.15, 0.2) is 11.1 Å². The molecule has 0 spiro atoms. The lowest BCUT2D eigenvalue weighted by Gasteiger charge is -2.34. The number of hydrogen-bond donors (Lipinski definition) is 1. The number of H-pyrrole nitrogens is 1. The first-order valence-electron chi connectivity index (χ1n) is 4.34. The van der Waals surface area contributed by atoms with E-state index < -0.39 is 5.41 Å². The van der Waals surface area contributed by atoms with Crippen molar-refractivity contribution in [3.05, 3.63) is 27.4 Å². The van der Waals surface area contributed by atoms with E-state index in [1.807, 2.05) is 0 Å². The average Bonchev–Trinajstić information content (AvgIpc) is 2.11. The minimum absolute atomic E-state index is 0.0498. The maximum absolute atomic E-state index is 11.2. The van der Waals surface area contributed by atoms with Crippen LogP contribution >= 0.6 is 11.6 Å². The second-order valence-electron chi connectivity index (χ2n) is 3.44. The fourth-order valence-electron chi connectivity index (χ4n) is 1.65. The van der Waals surface area contributed by atoms with Crippen LogP contribution in [0.25, 0.3) is 0 Å². The summed E-state index contributed by atoms with van der Waals surface area (Å²) < 4.78 is 0. The van der Waals surface area contributed by atoms with Gasteiger partial charge in [-0.2, -0.15) is 5.26 Å². The highest BCUT2D eigenvalue weighted by Gasteiger charge is 2.42. The highest BCUT2D eigenvalue weighted by Crippen LogP contribution is 2.43. The van der Waals surface area contributed by atoms with Gasteiger partial charge in [0.25, 0.3) is 5.56 Å². The molecule has 1 aromatic heterocycles. The third-order valence-electron chi connectivity index (χ3n) is 2.67. The Morgan fingerprint density at radius 1 is 1.64 bits per heavy atom. The number of hydrogen-bond acceptors (Lipinski definition) is 3. The van der Waals surface area contributed by atoms with Crippen LogP contribution in [0.2, 0.25) is 5.02 Å². The zero-order valence-corrected chi connectivity index (χ0v) is 8.14. The quantitative estimate of drug-likeness (QED) is 0.760. The van der Waals surface area contributed by atoms with Gasteiger partial charge < -0.3 is 4.98 Å². The van der Waals surface area contributed by atoms with E-state index in [2.05, 4.69) is 16.0 Å². The molecule has 0 saturated heterocycles. The monoisotopic (exact) mass is 209 g/mol. The Morgan fingerprint density at radius 2 is 2.36 bits per heavy atom. The third-order valence-corrected chi connectivity index (χ3v) is 3.02. The first-order valence-corrected chi connectivity index (χ1v) is 4.72. The molecule has 1 saturated carbocycles. The van der Waals surface area contributed by atoms with Crippen molar-refractivity contribution in [1.29, 1.82) is 5.26 Å². The summed E-state index contributed by atoms with van der Waals surface area (Å²) in [6, 6.07) is 2.20. The number of halogens is 1. The van der Waals surface area contributed by atoms with Crippen LogP contribution in [-0.4, -0.2) is 9.97 Å². The van der Waals surface area contributed by atoms with E-state index in [1.165, 1.54) is 6.33 Å². The van der Waals surface area contributed by atoms with Crippen LogP contribution in [0.1, 0.15) is 25.0 Å². The van der Waals surface area contributed by atoms with Gasteiger partial charge in [0.1, 0.15) is 10.4 Å². The predicted molar refractivity (Wildman–Crippen MR) is 51.0 cm³/mol. The van der Waals surface area contributed by atoms with Crippen LogP contribution in [0, 0.1) is 11.3 Å². The zero-order valence-electron chi connectivity index (χ0n) is 7.38. The topological polar surface area (TPSA) is 69.5 Å². The van der Waals surface area contributed by atoms with Gasteiger partial charge in [0.15, 0.2) is 0 Å². The molecular weight excluding hydrogens is 202 g/mol. The number of aromatic nitrogens is 2. The standard InChI is InChI=1S/C9H8ClN3O/c10-6-7(12-5-13-8(6)14)9(4-11)2-1-3-9/h5H,1-3H2,(H,12,13,14). The number of rotatable bonds is 1. The summed E-state index contributed by atoms with van der Waals surface area (Å²) in [6.07, 6.45) is 3.75. The Kier molecular flexibility index (Phi) is 2.05. The number of aromatic amines is 1. The lowest BCUT2D eigenvalue weighted by atomic mass is 9.67. The summed E-state index contributed by atoms with van der Waals surface area (Å²) >= 11 is 5.81. The van der Waals surface area contributed by atoms with Gasteiger partial charge in [-0.05, 0) is 19.3 Å². The fraction of sp³-hybridized carbons (Fsp3) is 0.444. The Bertz CT molecular complexity index is 456. The zero-order chi connectivity index (χ0) is 10.2. The first-order chi connectivity index (χ1) is 6.69. The largest absolute Gasteiger partial charge is 0.312 e. The second kappa shape index (κ2) is 3.10. The summed E-state index contributed by atoms with van der Waals surface area (Å²) in [4.78, 5) is 17.6. The summed E-state index contributed by atoms with van der Waals surface area (Å²) in [6.45, 7) is 0. The smallest absolute Gasteiger partial charge is 0.269 e. The molecule has 0 unspecified atom stereocenters. The second-order valence-corrected chi connectivity index (χ2v) is 3.82. The normalized spacial score (nSPS) is 18.3. The van der Waals surface area contributed by atoms with E-state index in [-0.39, 0.29) is 10.6 Å². The van der Waals surface area contributed by atoms with Crippen molar-refractivity contribution in [2.45, 2.75) is 24.7 Å². The third kappa shape index (κ3) is 1.13. The molecule has 0 bridgehead atoms. The Hall–Kier alpha value is -1.34. The average molecular weight is 210 g/mol. The molecule has 0 atom stereocenters. The van der Waals surface area contributed by atoms with Crippen molar-refractivity contribution in [2.24, 2.45) is 0 Å². The van der Waals surface area contributed by atoms with Crippen molar-refractivity contribution < 1.29 is 0 Å². The van der Waals surface area contributed by atoms with Crippen LogP contribution in [0.5, 0.6) is 0 Å². The molecule has 0 radical (unpaired) electrons. The van der Waals surface area contributed by atoms with Gasteiger partial charge in [-0.15, -0.1) is 0 Å². The molecule has 1 aromatic rings. The summed E-state index contributed by atoms with van der Waals surface area (Å²) in [5.41, 5.74) is -0.569. The molecule has 1 heterocycles. The van der Waals surface area contributed by atoms with Crippen LogP contribution < -0.4 is 5.56 Å². The van der Waals surface area contributed by atoms with E-state index in [0.29, 0.717) is 5.69 Å². The Balaban J connectivity index is 2.57. The first kappa shape index (κ1) is 9.22. The van der Waals surface area contributed by atoms with E-state index in [4.69, 9.17) is 16.9 Å². The van der Waals surface area contributed by atoms with Gasteiger partial charge in [-0.1, -0.05) is 11.6 Å². The maximum atomic E-state index is 11.2. The minimum atomic E-state index is -0.620. The highest BCUT2D eigenvalue weighted by atomic mass is 35.5. The maximum Gasteiger partial charge on any atom is 0.269 e. The molecule has 2 rings (SSSR count).